The Morgan fingerprint density at radius 1 is 1.55 bits per heavy atom. The lowest BCUT2D eigenvalue weighted by Crippen LogP contribution is -2.07. The molecule has 1 aromatic rings. The quantitative estimate of drug-likeness (QED) is 0.717. The molecule has 0 amide bonds. The van der Waals surface area contributed by atoms with Gasteiger partial charge in [-0.15, -0.1) is 0 Å². The van der Waals surface area contributed by atoms with Gasteiger partial charge in [-0.1, -0.05) is 19.0 Å². The molecule has 0 bridgehead atoms. The Kier molecular flexibility index (Phi) is 2.46. The minimum Gasteiger partial charge on any atom is -0.338 e. The van der Waals surface area contributed by atoms with Gasteiger partial charge in [-0.2, -0.15) is 4.98 Å². The zero-order chi connectivity index (χ0) is 8.27. The molecule has 0 unspecified atom stereocenters. The predicted octanol–water partition coefficient (Wildman–Crippen LogP) is 1.45. The zero-order valence-electron chi connectivity index (χ0n) is 7.09. The van der Waals surface area contributed by atoms with Gasteiger partial charge in [-0.25, -0.2) is 0 Å². The van der Waals surface area contributed by atoms with Gasteiger partial charge in [0.1, 0.15) is 0 Å². The number of hydrogen-bond acceptors (Lipinski definition) is 4. The smallest absolute Gasteiger partial charge is 0.321 e. The second kappa shape index (κ2) is 3.37. The van der Waals surface area contributed by atoms with Crippen LogP contribution in [0, 0.1) is 12.8 Å². The van der Waals surface area contributed by atoms with E-state index in [0.29, 0.717) is 17.8 Å². The summed E-state index contributed by atoms with van der Waals surface area (Å²) >= 11 is 0. The van der Waals surface area contributed by atoms with E-state index in [1.807, 2.05) is 0 Å². The summed E-state index contributed by atoms with van der Waals surface area (Å²) in [5.74, 6) is 1.25. The number of aromatic nitrogens is 2. The molecule has 0 aliphatic carbocycles. The first kappa shape index (κ1) is 8.04. The first-order chi connectivity index (χ1) is 5.18. The molecule has 0 saturated carbocycles. The summed E-state index contributed by atoms with van der Waals surface area (Å²) in [5.41, 5.74) is 0. The second-order valence-corrected chi connectivity index (χ2v) is 2.92. The fourth-order valence-corrected chi connectivity index (χ4v) is 0.660. The monoisotopic (exact) mass is 155 g/mol. The lowest BCUT2D eigenvalue weighted by molar-refractivity contribution is 0.423. The topological polar surface area (TPSA) is 51.0 Å². The van der Waals surface area contributed by atoms with Crippen LogP contribution >= 0.6 is 0 Å². The maximum absolute atomic E-state index is 4.84. The van der Waals surface area contributed by atoms with Crippen LogP contribution in [0.25, 0.3) is 0 Å². The predicted molar refractivity (Wildman–Crippen MR) is 42.4 cm³/mol. The maximum Gasteiger partial charge on any atom is 0.321 e. The van der Waals surface area contributed by atoms with Crippen molar-refractivity contribution in [2.24, 2.45) is 5.92 Å². The molecule has 1 N–H and O–H groups in total. The lowest BCUT2D eigenvalue weighted by Gasteiger charge is -2.02. The van der Waals surface area contributed by atoms with Crippen molar-refractivity contribution in [2.45, 2.75) is 20.8 Å². The van der Waals surface area contributed by atoms with E-state index in [1.165, 1.54) is 0 Å². The van der Waals surface area contributed by atoms with Gasteiger partial charge < -0.3 is 9.84 Å². The van der Waals surface area contributed by atoms with E-state index in [0.717, 1.165) is 6.54 Å². The highest BCUT2D eigenvalue weighted by atomic mass is 16.5. The Morgan fingerprint density at radius 3 is 2.73 bits per heavy atom. The normalized spacial score (nSPS) is 10.5. The van der Waals surface area contributed by atoms with E-state index < -0.39 is 0 Å². The first-order valence-electron chi connectivity index (χ1n) is 3.72. The van der Waals surface area contributed by atoms with Crippen molar-refractivity contribution in [3.63, 3.8) is 0 Å². The number of aryl methyl sites for hydroxylation is 1. The van der Waals surface area contributed by atoms with Crippen LogP contribution in [0.3, 0.4) is 0 Å². The fraction of sp³-hybridized carbons (Fsp3) is 0.714. The van der Waals surface area contributed by atoms with Gasteiger partial charge >= 0.3 is 6.01 Å². The van der Waals surface area contributed by atoms with E-state index >= 15 is 0 Å². The third kappa shape index (κ3) is 2.57. The summed E-state index contributed by atoms with van der Waals surface area (Å²) in [6.45, 7) is 6.90. The van der Waals surface area contributed by atoms with Crippen LogP contribution in [0.1, 0.15) is 19.7 Å². The largest absolute Gasteiger partial charge is 0.338 e. The standard InChI is InChI=1S/C7H13N3O/c1-5(2)4-8-7-9-6(3)10-11-7/h5H,4H2,1-3H3,(H,8,9,10). The lowest BCUT2D eigenvalue weighted by atomic mass is 10.2. The van der Waals surface area contributed by atoms with Crippen LogP contribution < -0.4 is 5.32 Å². The average Bonchev–Trinajstić information content (AvgIpc) is 2.31. The van der Waals surface area contributed by atoms with Gasteiger partial charge in [-0.05, 0) is 12.8 Å². The Balaban J connectivity index is 2.39. The number of rotatable bonds is 3. The van der Waals surface area contributed by atoms with Crippen molar-refractivity contribution in [2.75, 3.05) is 11.9 Å². The Labute approximate surface area is 66.0 Å². The summed E-state index contributed by atoms with van der Waals surface area (Å²) in [5, 5.41) is 6.67. The summed E-state index contributed by atoms with van der Waals surface area (Å²) in [4.78, 5) is 3.99. The Hall–Kier alpha value is -1.06. The van der Waals surface area contributed by atoms with E-state index in [4.69, 9.17) is 4.52 Å². The van der Waals surface area contributed by atoms with Crippen molar-refractivity contribution >= 4 is 6.01 Å². The molecule has 0 radical (unpaired) electrons. The number of hydrogen-bond donors (Lipinski definition) is 1. The molecule has 0 aliphatic rings. The van der Waals surface area contributed by atoms with Gasteiger partial charge in [0.05, 0.1) is 0 Å². The van der Waals surface area contributed by atoms with Crippen LogP contribution in [-0.2, 0) is 0 Å². The summed E-state index contributed by atoms with van der Waals surface area (Å²) < 4.78 is 4.84. The molecule has 0 atom stereocenters. The summed E-state index contributed by atoms with van der Waals surface area (Å²) in [6, 6.07) is 0.510. The molecule has 4 heteroatoms. The van der Waals surface area contributed by atoms with Crippen molar-refractivity contribution in [1.29, 1.82) is 0 Å². The molecular formula is C7H13N3O. The summed E-state index contributed by atoms with van der Waals surface area (Å²) in [7, 11) is 0. The molecular weight excluding hydrogens is 142 g/mol. The highest BCUT2D eigenvalue weighted by molar-refractivity contribution is 5.17. The van der Waals surface area contributed by atoms with Gasteiger partial charge in [0.25, 0.3) is 0 Å². The first-order valence-corrected chi connectivity index (χ1v) is 3.72. The van der Waals surface area contributed by atoms with Crippen molar-refractivity contribution in [1.82, 2.24) is 10.1 Å². The van der Waals surface area contributed by atoms with Crippen LogP contribution in [0.2, 0.25) is 0 Å². The molecule has 0 spiro atoms. The van der Waals surface area contributed by atoms with Crippen LogP contribution in [-0.4, -0.2) is 16.7 Å². The van der Waals surface area contributed by atoms with Crippen LogP contribution in [0.15, 0.2) is 4.52 Å². The minimum atomic E-state index is 0.510. The highest BCUT2D eigenvalue weighted by Crippen LogP contribution is 2.02. The van der Waals surface area contributed by atoms with Gasteiger partial charge in [0, 0.05) is 6.54 Å². The van der Waals surface area contributed by atoms with Crippen LogP contribution in [0.5, 0.6) is 0 Å². The van der Waals surface area contributed by atoms with E-state index in [9.17, 15) is 0 Å². The van der Waals surface area contributed by atoms with Crippen molar-refractivity contribution in [3.05, 3.63) is 5.82 Å². The summed E-state index contributed by atoms with van der Waals surface area (Å²) in [6.07, 6.45) is 0. The molecule has 1 heterocycles. The Morgan fingerprint density at radius 2 is 2.27 bits per heavy atom. The molecule has 62 valence electrons. The van der Waals surface area contributed by atoms with E-state index in [1.54, 1.807) is 6.92 Å². The SMILES string of the molecule is Cc1noc(NCC(C)C)n1. The average molecular weight is 155 g/mol. The molecule has 0 aromatic carbocycles. The maximum atomic E-state index is 4.84. The van der Waals surface area contributed by atoms with Crippen LogP contribution in [0.4, 0.5) is 6.01 Å². The van der Waals surface area contributed by atoms with Crippen molar-refractivity contribution in [3.8, 4) is 0 Å². The third-order valence-electron chi connectivity index (χ3n) is 1.19. The molecule has 0 saturated heterocycles. The Bertz CT molecular complexity index is 219. The molecule has 1 rings (SSSR count). The molecule has 11 heavy (non-hydrogen) atoms. The number of nitrogens with zero attached hydrogens (tertiary/aromatic N) is 2. The fourth-order valence-electron chi connectivity index (χ4n) is 0.660. The second-order valence-electron chi connectivity index (χ2n) is 2.92. The van der Waals surface area contributed by atoms with E-state index in [2.05, 4.69) is 29.3 Å². The minimum absolute atomic E-state index is 0.510. The van der Waals surface area contributed by atoms with Crippen molar-refractivity contribution < 1.29 is 4.52 Å². The number of anilines is 1. The van der Waals surface area contributed by atoms with E-state index in [-0.39, 0.29) is 0 Å². The van der Waals surface area contributed by atoms with Gasteiger partial charge in [0.15, 0.2) is 5.82 Å². The molecule has 0 aliphatic heterocycles. The molecule has 1 aromatic heterocycles. The zero-order valence-corrected chi connectivity index (χ0v) is 7.09. The molecule has 4 nitrogen and oxygen atoms in total. The van der Waals surface area contributed by atoms with Gasteiger partial charge in [-0.3, -0.25) is 0 Å². The molecule has 0 fully saturated rings. The highest BCUT2D eigenvalue weighted by Gasteiger charge is 2.00. The number of nitrogens with one attached hydrogen (secondary N) is 1. The third-order valence-corrected chi connectivity index (χ3v) is 1.19. The van der Waals surface area contributed by atoms with Gasteiger partial charge in [0.2, 0.25) is 0 Å².